The molecular weight excluding hydrogens is 336 g/mol. The lowest BCUT2D eigenvalue weighted by Crippen LogP contribution is -2.35. The van der Waals surface area contributed by atoms with Crippen LogP contribution in [0.2, 0.25) is 0 Å². The lowest BCUT2D eigenvalue weighted by molar-refractivity contribution is 0.0539. The minimum absolute atomic E-state index is 0.271. The minimum atomic E-state index is -0.471. The molecule has 0 aliphatic carbocycles. The summed E-state index contributed by atoms with van der Waals surface area (Å²) in [6.45, 7) is 2.78. The number of aromatic nitrogens is 3. The van der Waals surface area contributed by atoms with Gasteiger partial charge >= 0.3 is 0 Å². The summed E-state index contributed by atoms with van der Waals surface area (Å²) in [6, 6.07) is 15.7. The van der Waals surface area contributed by atoms with E-state index in [0.29, 0.717) is 0 Å². The van der Waals surface area contributed by atoms with Crippen LogP contribution < -0.4 is 0 Å². The van der Waals surface area contributed by atoms with Gasteiger partial charge in [0.05, 0.1) is 11.8 Å². The van der Waals surface area contributed by atoms with E-state index in [9.17, 15) is 5.11 Å². The molecule has 1 aromatic carbocycles. The summed E-state index contributed by atoms with van der Waals surface area (Å²) in [5, 5.41) is 10.6. The number of pyridine rings is 1. The molecule has 1 atom stereocenters. The molecule has 5 heteroatoms. The van der Waals surface area contributed by atoms with Crippen molar-refractivity contribution in [2.75, 3.05) is 13.1 Å². The summed E-state index contributed by atoms with van der Waals surface area (Å²) in [6.07, 6.45) is 7.06. The number of piperidine rings is 1. The smallest absolute Gasteiger partial charge is 0.159 e. The fourth-order valence-corrected chi connectivity index (χ4v) is 3.65. The van der Waals surface area contributed by atoms with E-state index in [1.54, 1.807) is 6.20 Å². The van der Waals surface area contributed by atoms with Crippen molar-refractivity contribution in [1.82, 2.24) is 19.9 Å². The number of aliphatic hydroxyl groups is 1. The zero-order valence-corrected chi connectivity index (χ0v) is 15.3. The van der Waals surface area contributed by atoms with E-state index in [2.05, 4.69) is 19.9 Å². The fourth-order valence-electron chi connectivity index (χ4n) is 3.65. The number of aliphatic hydroxyl groups excluding tert-OH is 1. The van der Waals surface area contributed by atoms with E-state index in [1.165, 1.54) is 0 Å². The molecule has 0 radical (unpaired) electrons. The molecule has 2 aromatic heterocycles. The topological polar surface area (TPSA) is 62.1 Å². The molecule has 0 unspecified atom stereocenters. The van der Waals surface area contributed by atoms with Crippen LogP contribution in [0.5, 0.6) is 0 Å². The van der Waals surface area contributed by atoms with Crippen LogP contribution in [0.4, 0.5) is 0 Å². The first-order valence-corrected chi connectivity index (χ1v) is 9.47. The second-order valence-electron chi connectivity index (χ2n) is 7.09. The third kappa shape index (κ3) is 4.38. The Morgan fingerprint density at radius 3 is 2.30 bits per heavy atom. The molecular formula is C22H24N4O. The number of rotatable bonds is 5. The first-order valence-electron chi connectivity index (χ1n) is 9.47. The number of hydrogen-bond acceptors (Lipinski definition) is 5. The molecule has 0 bridgehead atoms. The van der Waals surface area contributed by atoms with E-state index in [1.807, 2.05) is 60.9 Å². The van der Waals surface area contributed by atoms with Crippen molar-refractivity contribution in [3.63, 3.8) is 0 Å². The zero-order valence-electron chi connectivity index (χ0n) is 15.3. The summed E-state index contributed by atoms with van der Waals surface area (Å²) < 4.78 is 0. The summed E-state index contributed by atoms with van der Waals surface area (Å²) in [5.41, 5.74) is 2.94. The maximum Gasteiger partial charge on any atom is 0.159 e. The van der Waals surface area contributed by atoms with E-state index < -0.39 is 6.10 Å². The number of benzene rings is 1. The average molecular weight is 360 g/mol. The molecule has 1 fully saturated rings. The highest BCUT2D eigenvalue weighted by molar-refractivity contribution is 5.53. The predicted molar refractivity (Wildman–Crippen MR) is 105 cm³/mol. The Morgan fingerprint density at radius 2 is 1.63 bits per heavy atom. The molecule has 0 saturated carbocycles. The maximum atomic E-state index is 10.6. The van der Waals surface area contributed by atoms with Gasteiger partial charge in [-0.1, -0.05) is 36.4 Å². The third-order valence-electron chi connectivity index (χ3n) is 5.21. The quantitative estimate of drug-likeness (QED) is 0.755. The van der Waals surface area contributed by atoms with Gasteiger partial charge in [0.2, 0.25) is 0 Å². The van der Waals surface area contributed by atoms with Crippen LogP contribution in [0.3, 0.4) is 0 Å². The molecule has 1 N–H and O–H groups in total. The summed E-state index contributed by atoms with van der Waals surface area (Å²) in [5.74, 6) is 1.03. The van der Waals surface area contributed by atoms with Crippen LogP contribution in [-0.2, 0) is 6.54 Å². The fraction of sp³-hybridized carbons (Fsp3) is 0.318. The first-order chi connectivity index (χ1) is 13.3. The lowest BCUT2D eigenvalue weighted by Gasteiger charge is -2.33. The van der Waals surface area contributed by atoms with Gasteiger partial charge in [-0.25, -0.2) is 9.97 Å². The van der Waals surface area contributed by atoms with Gasteiger partial charge in [0.1, 0.15) is 0 Å². The van der Waals surface area contributed by atoms with Crippen molar-refractivity contribution in [1.29, 1.82) is 0 Å². The van der Waals surface area contributed by atoms with Crippen LogP contribution in [0.1, 0.15) is 30.2 Å². The summed E-state index contributed by atoms with van der Waals surface area (Å²) >= 11 is 0. The van der Waals surface area contributed by atoms with E-state index >= 15 is 0 Å². The van der Waals surface area contributed by atoms with E-state index in [0.717, 1.165) is 55.1 Å². The van der Waals surface area contributed by atoms with Gasteiger partial charge in [-0.05, 0) is 44.0 Å². The highest BCUT2D eigenvalue weighted by Gasteiger charge is 2.26. The molecule has 0 spiro atoms. The van der Waals surface area contributed by atoms with Gasteiger partial charge in [-0.3, -0.25) is 9.88 Å². The van der Waals surface area contributed by atoms with E-state index in [-0.39, 0.29) is 5.92 Å². The Labute approximate surface area is 159 Å². The van der Waals surface area contributed by atoms with Crippen molar-refractivity contribution in [2.24, 2.45) is 5.92 Å². The average Bonchev–Trinajstić information content (AvgIpc) is 2.76. The maximum absolute atomic E-state index is 10.6. The zero-order chi connectivity index (χ0) is 18.5. The molecule has 5 nitrogen and oxygen atoms in total. The van der Waals surface area contributed by atoms with Crippen LogP contribution in [-0.4, -0.2) is 38.0 Å². The summed E-state index contributed by atoms with van der Waals surface area (Å²) in [4.78, 5) is 15.7. The van der Waals surface area contributed by atoms with Gasteiger partial charge in [0.15, 0.2) is 5.82 Å². The normalized spacial score (nSPS) is 16.9. The van der Waals surface area contributed by atoms with Crippen molar-refractivity contribution < 1.29 is 5.11 Å². The van der Waals surface area contributed by atoms with Crippen molar-refractivity contribution in [2.45, 2.75) is 25.5 Å². The Morgan fingerprint density at radius 1 is 0.926 bits per heavy atom. The predicted octanol–water partition coefficient (Wildman–Crippen LogP) is 3.48. The number of nitrogens with zero attached hydrogens (tertiary/aromatic N) is 4. The summed E-state index contributed by atoms with van der Waals surface area (Å²) in [7, 11) is 0. The first kappa shape index (κ1) is 17.8. The highest BCUT2D eigenvalue weighted by atomic mass is 16.3. The van der Waals surface area contributed by atoms with Crippen LogP contribution in [0, 0.1) is 5.92 Å². The molecule has 1 aliphatic rings. The molecule has 4 rings (SSSR count). The molecule has 3 aromatic rings. The third-order valence-corrected chi connectivity index (χ3v) is 5.21. The monoisotopic (exact) mass is 360 g/mol. The standard InChI is InChI=1S/C22H24N4O/c27-21(20-8-4-5-11-23-20)18-9-12-26(13-10-18)16-17-14-24-22(25-15-17)19-6-2-1-3-7-19/h1-8,11,14-15,18,21,27H,9-10,12-13,16H2/t21-/m0/s1. The molecule has 3 heterocycles. The van der Waals surface area contributed by atoms with Crippen LogP contribution >= 0.6 is 0 Å². The Bertz CT molecular complexity index is 831. The molecule has 1 saturated heterocycles. The van der Waals surface area contributed by atoms with Gasteiger partial charge in [0, 0.05) is 36.3 Å². The van der Waals surface area contributed by atoms with Crippen molar-refractivity contribution in [3.8, 4) is 11.4 Å². The van der Waals surface area contributed by atoms with Gasteiger partial charge < -0.3 is 5.11 Å². The minimum Gasteiger partial charge on any atom is -0.387 e. The van der Waals surface area contributed by atoms with Crippen molar-refractivity contribution >= 4 is 0 Å². The largest absolute Gasteiger partial charge is 0.387 e. The second-order valence-corrected chi connectivity index (χ2v) is 7.09. The highest BCUT2D eigenvalue weighted by Crippen LogP contribution is 2.30. The lowest BCUT2D eigenvalue weighted by atomic mass is 9.89. The Kier molecular flexibility index (Phi) is 5.51. The molecule has 1 aliphatic heterocycles. The SMILES string of the molecule is O[C@H](c1ccccn1)C1CCN(Cc2cnc(-c3ccccc3)nc2)CC1. The number of likely N-dealkylation sites (tertiary alicyclic amines) is 1. The molecule has 27 heavy (non-hydrogen) atoms. The van der Waals surface area contributed by atoms with Crippen LogP contribution in [0.25, 0.3) is 11.4 Å². The van der Waals surface area contributed by atoms with Crippen molar-refractivity contribution in [3.05, 3.63) is 78.4 Å². The van der Waals surface area contributed by atoms with Crippen LogP contribution in [0.15, 0.2) is 67.1 Å². The Hall–Kier alpha value is -2.63. The number of hydrogen-bond donors (Lipinski definition) is 1. The van der Waals surface area contributed by atoms with E-state index in [4.69, 9.17) is 0 Å². The Balaban J connectivity index is 1.31. The van der Waals surface area contributed by atoms with Gasteiger partial charge in [-0.2, -0.15) is 0 Å². The molecule has 0 amide bonds. The molecule has 138 valence electrons. The van der Waals surface area contributed by atoms with Gasteiger partial charge in [0.25, 0.3) is 0 Å². The van der Waals surface area contributed by atoms with Gasteiger partial charge in [-0.15, -0.1) is 0 Å². The second kappa shape index (κ2) is 8.37.